The smallest absolute Gasteiger partial charge is 0.324 e. The van der Waals surface area contributed by atoms with E-state index in [1.165, 1.54) is 6.08 Å². The quantitative estimate of drug-likeness (QED) is 0.253. The van der Waals surface area contributed by atoms with Gasteiger partial charge in [-0.3, -0.25) is 4.79 Å². The third-order valence-electron chi connectivity index (χ3n) is 6.71. The molecule has 3 heterocycles. The van der Waals surface area contributed by atoms with Crippen molar-refractivity contribution in [1.82, 2.24) is 30.2 Å². The molecule has 3 aromatic rings. The zero-order chi connectivity index (χ0) is 29.6. The monoisotopic (exact) mass is 587 g/mol. The lowest BCUT2D eigenvalue weighted by atomic mass is 10.2. The van der Waals surface area contributed by atoms with Gasteiger partial charge >= 0.3 is 6.03 Å². The summed E-state index contributed by atoms with van der Waals surface area (Å²) in [5, 5.41) is 8.39. The first-order valence-electron chi connectivity index (χ1n) is 13.6. The fourth-order valence-corrected chi connectivity index (χ4v) is 4.93. The minimum atomic E-state index is -0.253. The SMILES string of the molecule is CN(C)C/C=C/C(=O)Nc1cccc(N2C(=O)N(Cc3ccccc3)CCc3cnc(NC4=C(Cl)NN(C)C4)nc32)c1. The summed E-state index contributed by atoms with van der Waals surface area (Å²) in [5.41, 5.74) is 6.72. The van der Waals surface area contributed by atoms with Gasteiger partial charge in [0.05, 0.1) is 17.9 Å². The summed E-state index contributed by atoms with van der Waals surface area (Å²) in [4.78, 5) is 41.5. The maximum Gasteiger partial charge on any atom is 0.330 e. The van der Waals surface area contributed by atoms with Crippen molar-refractivity contribution < 1.29 is 9.59 Å². The summed E-state index contributed by atoms with van der Waals surface area (Å²) in [6.07, 6.45) is 5.62. The molecule has 218 valence electrons. The largest absolute Gasteiger partial charge is 0.330 e. The van der Waals surface area contributed by atoms with Gasteiger partial charge in [-0.25, -0.2) is 19.7 Å². The highest BCUT2D eigenvalue weighted by atomic mass is 35.5. The maximum absolute atomic E-state index is 14.2. The minimum absolute atomic E-state index is 0.226. The number of anilines is 4. The average molecular weight is 588 g/mol. The topological polar surface area (TPSA) is 109 Å². The number of hydrogen-bond donors (Lipinski definition) is 3. The van der Waals surface area contributed by atoms with Gasteiger partial charge in [-0.15, -0.1) is 0 Å². The standard InChI is InChI=1S/C30H34ClN9O2/c1-37(2)15-8-13-26(41)33-23-11-7-12-24(17-23)40-28-22(14-16-39(30(40)42)19-21-9-5-4-6-10-21)18-32-29(35-28)34-25-20-38(3)36-27(25)31/h4-13,17-18,36H,14-16,19-20H2,1-3H3,(H,33,41)(H,32,34,35)/b13-8+. The van der Waals surface area contributed by atoms with Crippen molar-refractivity contribution >= 4 is 46.7 Å². The van der Waals surface area contributed by atoms with Gasteiger partial charge in [0.25, 0.3) is 0 Å². The van der Waals surface area contributed by atoms with Crippen LogP contribution in [0.5, 0.6) is 0 Å². The maximum atomic E-state index is 14.2. The summed E-state index contributed by atoms with van der Waals surface area (Å²) < 4.78 is 0. The molecule has 3 N–H and O–H groups in total. The molecule has 2 aliphatic heterocycles. The van der Waals surface area contributed by atoms with Crippen LogP contribution in [0.1, 0.15) is 11.1 Å². The molecule has 0 bridgehead atoms. The van der Waals surface area contributed by atoms with Gasteiger partial charge in [0.1, 0.15) is 11.0 Å². The number of benzene rings is 2. The summed E-state index contributed by atoms with van der Waals surface area (Å²) in [6.45, 7) is 2.12. The Morgan fingerprint density at radius 3 is 2.71 bits per heavy atom. The molecule has 42 heavy (non-hydrogen) atoms. The molecule has 0 aliphatic carbocycles. The predicted molar refractivity (Wildman–Crippen MR) is 165 cm³/mol. The number of amides is 3. The van der Waals surface area contributed by atoms with Crippen LogP contribution >= 0.6 is 11.6 Å². The predicted octanol–water partition coefficient (Wildman–Crippen LogP) is 4.12. The zero-order valence-electron chi connectivity index (χ0n) is 23.8. The fraction of sp³-hybridized carbons (Fsp3) is 0.267. The van der Waals surface area contributed by atoms with Crippen molar-refractivity contribution in [2.24, 2.45) is 0 Å². The number of halogens is 1. The first-order valence-corrected chi connectivity index (χ1v) is 14.0. The Balaban J connectivity index is 1.49. The van der Waals surface area contributed by atoms with Crippen LogP contribution in [0, 0.1) is 0 Å². The van der Waals surface area contributed by atoms with Crippen molar-refractivity contribution in [3.63, 3.8) is 0 Å². The van der Waals surface area contributed by atoms with Crippen LogP contribution in [0.15, 0.2) is 83.8 Å². The normalized spacial score (nSPS) is 15.7. The van der Waals surface area contributed by atoms with Gasteiger partial charge < -0.3 is 25.9 Å². The summed E-state index contributed by atoms with van der Waals surface area (Å²) >= 11 is 6.34. The molecule has 2 aromatic carbocycles. The van der Waals surface area contributed by atoms with Gasteiger partial charge in [-0.1, -0.05) is 54.1 Å². The molecule has 0 radical (unpaired) electrons. The van der Waals surface area contributed by atoms with Crippen molar-refractivity contribution in [3.05, 3.63) is 94.9 Å². The van der Waals surface area contributed by atoms with E-state index in [4.69, 9.17) is 16.6 Å². The van der Waals surface area contributed by atoms with Gasteiger partial charge in [-0.2, -0.15) is 4.98 Å². The van der Waals surface area contributed by atoms with Crippen LogP contribution in [-0.4, -0.2) is 77.5 Å². The number of fused-ring (bicyclic) bond motifs is 1. The highest BCUT2D eigenvalue weighted by Gasteiger charge is 2.32. The second kappa shape index (κ2) is 13.0. The second-order valence-corrected chi connectivity index (χ2v) is 10.8. The third-order valence-corrected chi connectivity index (χ3v) is 7.02. The van der Waals surface area contributed by atoms with E-state index in [2.05, 4.69) is 21.0 Å². The van der Waals surface area contributed by atoms with Gasteiger partial charge in [0, 0.05) is 50.2 Å². The third kappa shape index (κ3) is 7.06. The number of carbonyl (C=O) groups excluding carboxylic acids is 2. The zero-order valence-corrected chi connectivity index (χ0v) is 24.6. The Labute approximate surface area is 250 Å². The molecule has 0 spiro atoms. The molecular weight excluding hydrogens is 554 g/mol. The van der Waals surface area contributed by atoms with Gasteiger partial charge in [0.15, 0.2) is 0 Å². The Morgan fingerprint density at radius 2 is 1.98 bits per heavy atom. The van der Waals surface area contributed by atoms with E-state index in [9.17, 15) is 9.59 Å². The summed E-state index contributed by atoms with van der Waals surface area (Å²) in [7, 11) is 5.74. The lowest BCUT2D eigenvalue weighted by molar-refractivity contribution is -0.111. The first-order chi connectivity index (χ1) is 20.3. The van der Waals surface area contributed by atoms with Gasteiger partial charge in [-0.05, 0) is 44.3 Å². The Bertz CT molecular complexity index is 1510. The minimum Gasteiger partial charge on any atom is -0.324 e. The van der Waals surface area contributed by atoms with Crippen LogP contribution in [-0.2, 0) is 17.8 Å². The molecule has 0 saturated carbocycles. The molecule has 0 saturated heterocycles. The number of urea groups is 1. The molecule has 3 amide bonds. The van der Waals surface area contributed by atoms with Crippen molar-refractivity contribution in [3.8, 4) is 0 Å². The average Bonchev–Trinajstić information content (AvgIpc) is 3.20. The first kappa shape index (κ1) is 29.1. The number of hydrogen-bond acceptors (Lipinski definition) is 8. The van der Waals surface area contributed by atoms with E-state index < -0.39 is 0 Å². The Hall–Kier alpha value is -4.45. The number of aromatic nitrogens is 2. The van der Waals surface area contributed by atoms with E-state index in [0.717, 1.165) is 16.8 Å². The lowest BCUT2D eigenvalue weighted by Crippen LogP contribution is -2.40. The molecule has 0 atom stereocenters. The van der Waals surface area contributed by atoms with Crippen LogP contribution in [0.4, 0.5) is 27.9 Å². The number of carbonyl (C=O) groups is 2. The van der Waals surface area contributed by atoms with E-state index in [1.807, 2.05) is 67.5 Å². The highest BCUT2D eigenvalue weighted by Crippen LogP contribution is 2.34. The molecular formula is C30H34ClN9O2. The molecule has 1 aromatic heterocycles. The van der Waals surface area contributed by atoms with Crippen molar-refractivity contribution in [2.45, 2.75) is 13.0 Å². The number of likely N-dealkylation sites (N-methyl/N-ethyl adjacent to an activating group) is 2. The van der Waals surface area contributed by atoms with Gasteiger partial charge in [0.2, 0.25) is 11.9 Å². The van der Waals surface area contributed by atoms with E-state index in [0.29, 0.717) is 60.9 Å². The molecule has 0 unspecified atom stereocenters. The molecule has 5 rings (SSSR count). The molecule has 0 fully saturated rings. The van der Waals surface area contributed by atoms with Crippen molar-refractivity contribution in [2.75, 3.05) is 56.3 Å². The number of nitrogens with one attached hydrogen (secondary N) is 3. The number of nitrogens with zero attached hydrogens (tertiary/aromatic N) is 6. The van der Waals surface area contributed by atoms with Crippen LogP contribution in [0.3, 0.4) is 0 Å². The van der Waals surface area contributed by atoms with Crippen LogP contribution in [0.25, 0.3) is 0 Å². The Morgan fingerprint density at radius 1 is 1.17 bits per heavy atom. The summed E-state index contributed by atoms with van der Waals surface area (Å²) in [6, 6.07) is 16.8. The van der Waals surface area contributed by atoms with E-state index in [-0.39, 0.29) is 11.9 Å². The van der Waals surface area contributed by atoms with Crippen LogP contribution < -0.4 is 21.0 Å². The van der Waals surface area contributed by atoms with E-state index in [1.54, 1.807) is 40.3 Å². The molecule has 11 nitrogen and oxygen atoms in total. The number of rotatable bonds is 9. The fourth-order valence-electron chi connectivity index (χ4n) is 4.68. The summed E-state index contributed by atoms with van der Waals surface area (Å²) in [5.74, 6) is 0.540. The van der Waals surface area contributed by atoms with E-state index >= 15 is 0 Å². The Kier molecular flexibility index (Phi) is 9.01. The van der Waals surface area contributed by atoms with Crippen LogP contribution in [0.2, 0.25) is 0 Å². The number of hydrazine groups is 1. The second-order valence-electron chi connectivity index (χ2n) is 10.4. The highest BCUT2D eigenvalue weighted by molar-refractivity contribution is 6.29. The lowest BCUT2D eigenvalue weighted by Gasteiger charge is -2.28. The van der Waals surface area contributed by atoms with Crippen molar-refractivity contribution in [1.29, 1.82) is 0 Å². The molecule has 12 heteroatoms. The molecule has 2 aliphatic rings.